The molecule has 4 rings (SSSR count). The Morgan fingerprint density at radius 3 is 2.72 bits per heavy atom. The molecule has 1 aliphatic carbocycles. The number of aliphatic hydroxyl groups excluding tert-OH is 1. The molecular formula is C31H44ClFN6O4. The molecule has 0 saturated heterocycles. The van der Waals surface area contributed by atoms with Crippen molar-refractivity contribution in [1.82, 2.24) is 30.2 Å². The molecule has 2 bridgehead atoms. The first-order valence-electron chi connectivity index (χ1n) is 15.4. The SMILES string of the molecule is CC(C)CCn1nc2c3c1CCC(C3)NC(=O)CN(CCCO)C(=O)CCCN(Cc1c(F)cccc1Cl)CCNC2=O. The third-order valence-corrected chi connectivity index (χ3v) is 8.49. The fourth-order valence-electron chi connectivity index (χ4n) is 5.76. The van der Waals surface area contributed by atoms with E-state index >= 15 is 0 Å². The summed E-state index contributed by atoms with van der Waals surface area (Å²) in [6.07, 6.45) is 3.83. The summed E-state index contributed by atoms with van der Waals surface area (Å²) in [7, 11) is 0. The van der Waals surface area contributed by atoms with Crippen LogP contribution < -0.4 is 10.6 Å². The van der Waals surface area contributed by atoms with Gasteiger partial charge in [0.1, 0.15) is 5.82 Å². The summed E-state index contributed by atoms with van der Waals surface area (Å²) in [6.45, 7) is 6.49. The normalized spacial score (nSPS) is 19.3. The van der Waals surface area contributed by atoms with Gasteiger partial charge in [0.15, 0.2) is 5.69 Å². The second-order valence-corrected chi connectivity index (χ2v) is 12.3. The van der Waals surface area contributed by atoms with Gasteiger partial charge in [-0.15, -0.1) is 0 Å². The molecular weight excluding hydrogens is 575 g/mol. The van der Waals surface area contributed by atoms with Gasteiger partial charge in [0.05, 0.1) is 6.54 Å². The van der Waals surface area contributed by atoms with Crippen LogP contribution in [0.15, 0.2) is 18.2 Å². The lowest BCUT2D eigenvalue weighted by Crippen LogP contribution is -2.46. The highest BCUT2D eigenvalue weighted by atomic mass is 35.5. The van der Waals surface area contributed by atoms with Gasteiger partial charge >= 0.3 is 0 Å². The minimum absolute atomic E-state index is 0.0847. The number of hydrogen-bond acceptors (Lipinski definition) is 6. The van der Waals surface area contributed by atoms with Gasteiger partial charge in [-0.1, -0.05) is 31.5 Å². The van der Waals surface area contributed by atoms with Crippen LogP contribution in [0.4, 0.5) is 4.39 Å². The standard InChI is InChI=1S/C31H44ClFN6O4/c1-21(2)11-15-39-27-10-9-22-18-23(27)30(36-39)31(43)34-12-16-37(19-24-25(32)6-3-7-26(24)33)13-4-8-29(42)38(14-5-17-40)20-28(41)35-22/h3,6-7,21-22,40H,4-5,8-20H2,1-2H3,(H,34,43)(H,35,41). The lowest BCUT2D eigenvalue weighted by molar-refractivity contribution is -0.136. The van der Waals surface area contributed by atoms with Gasteiger partial charge in [-0.05, 0) is 63.1 Å². The van der Waals surface area contributed by atoms with Crippen LogP contribution in [0, 0.1) is 11.7 Å². The molecule has 1 atom stereocenters. The first-order chi connectivity index (χ1) is 20.7. The molecule has 3 N–H and O–H groups in total. The summed E-state index contributed by atoms with van der Waals surface area (Å²) in [5, 5.41) is 20.5. The number of aliphatic hydroxyl groups is 1. The number of carbonyl (C=O) groups excluding carboxylic acids is 3. The number of hydrogen-bond donors (Lipinski definition) is 3. The van der Waals surface area contributed by atoms with Crippen LogP contribution >= 0.6 is 11.6 Å². The van der Waals surface area contributed by atoms with Crippen molar-refractivity contribution in [3.05, 3.63) is 51.6 Å². The highest BCUT2D eigenvalue weighted by Crippen LogP contribution is 2.26. The van der Waals surface area contributed by atoms with E-state index in [1.807, 2.05) is 9.58 Å². The molecule has 43 heavy (non-hydrogen) atoms. The van der Waals surface area contributed by atoms with Gasteiger partial charge < -0.3 is 20.6 Å². The molecule has 0 radical (unpaired) electrons. The van der Waals surface area contributed by atoms with E-state index in [-0.39, 0.29) is 56.4 Å². The molecule has 1 aromatic carbocycles. The molecule has 1 aliphatic heterocycles. The molecule has 0 saturated carbocycles. The summed E-state index contributed by atoms with van der Waals surface area (Å²) in [4.78, 5) is 43.2. The van der Waals surface area contributed by atoms with Gasteiger partial charge in [-0.25, -0.2) is 4.39 Å². The fourth-order valence-corrected chi connectivity index (χ4v) is 5.98. The van der Waals surface area contributed by atoms with Crippen LogP contribution in [0.3, 0.4) is 0 Å². The molecule has 1 unspecified atom stereocenters. The quantitative estimate of drug-likeness (QED) is 0.419. The smallest absolute Gasteiger partial charge is 0.272 e. The van der Waals surface area contributed by atoms with E-state index in [4.69, 9.17) is 16.7 Å². The van der Waals surface area contributed by atoms with Crippen molar-refractivity contribution < 1.29 is 23.9 Å². The Bertz CT molecular complexity index is 1260. The number of nitrogens with zero attached hydrogens (tertiary/aromatic N) is 4. The topological polar surface area (TPSA) is 120 Å². The maximum atomic E-state index is 14.6. The highest BCUT2D eigenvalue weighted by molar-refractivity contribution is 6.31. The van der Waals surface area contributed by atoms with Crippen molar-refractivity contribution in [1.29, 1.82) is 0 Å². The maximum absolute atomic E-state index is 14.6. The largest absolute Gasteiger partial charge is 0.396 e. The average Bonchev–Trinajstić information content (AvgIpc) is 3.33. The van der Waals surface area contributed by atoms with Crippen molar-refractivity contribution in [2.75, 3.05) is 39.3 Å². The molecule has 1 aromatic heterocycles. The predicted octanol–water partition coefficient (Wildman–Crippen LogP) is 2.93. The number of halogens is 2. The first-order valence-corrected chi connectivity index (χ1v) is 15.7. The van der Waals surface area contributed by atoms with E-state index in [1.165, 1.54) is 11.0 Å². The lowest BCUT2D eigenvalue weighted by Gasteiger charge is -2.27. The molecule has 0 spiro atoms. The number of amides is 3. The predicted molar refractivity (Wildman–Crippen MR) is 162 cm³/mol. The lowest BCUT2D eigenvalue weighted by atomic mass is 9.91. The van der Waals surface area contributed by atoms with Crippen molar-refractivity contribution in [3.63, 3.8) is 0 Å². The number of rotatable bonds is 8. The van der Waals surface area contributed by atoms with Crippen LogP contribution in [-0.2, 0) is 35.5 Å². The summed E-state index contributed by atoms with van der Waals surface area (Å²) >= 11 is 6.31. The monoisotopic (exact) mass is 618 g/mol. The number of aryl methyl sites for hydroxylation is 1. The number of nitrogens with one attached hydrogen (secondary N) is 2. The zero-order valence-electron chi connectivity index (χ0n) is 25.2. The van der Waals surface area contributed by atoms with E-state index in [1.54, 1.807) is 12.1 Å². The van der Waals surface area contributed by atoms with Gasteiger partial charge in [0.25, 0.3) is 5.91 Å². The number of benzene rings is 1. The fraction of sp³-hybridized carbons (Fsp3) is 0.613. The molecule has 12 heteroatoms. The number of carbonyl (C=O) groups is 3. The average molecular weight is 619 g/mol. The second-order valence-electron chi connectivity index (χ2n) is 11.9. The van der Waals surface area contributed by atoms with Gasteiger partial charge in [-0.3, -0.25) is 24.0 Å². The maximum Gasteiger partial charge on any atom is 0.272 e. The Morgan fingerprint density at radius 2 is 1.98 bits per heavy atom. The third kappa shape index (κ3) is 9.00. The van der Waals surface area contributed by atoms with Gasteiger partial charge in [0.2, 0.25) is 11.8 Å². The van der Waals surface area contributed by atoms with Crippen molar-refractivity contribution in [2.24, 2.45) is 5.92 Å². The Morgan fingerprint density at radius 1 is 1.16 bits per heavy atom. The molecule has 2 aliphatic rings. The second kappa shape index (κ2) is 15.6. The van der Waals surface area contributed by atoms with Crippen LogP contribution in [0.25, 0.3) is 0 Å². The number of aromatic nitrogens is 2. The van der Waals surface area contributed by atoms with Crippen molar-refractivity contribution in [3.8, 4) is 0 Å². The molecule has 3 amide bonds. The molecule has 0 fully saturated rings. The summed E-state index contributed by atoms with van der Waals surface area (Å²) in [5.41, 5.74) is 2.62. The van der Waals surface area contributed by atoms with Crippen molar-refractivity contribution >= 4 is 29.3 Å². The Kier molecular flexibility index (Phi) is 12.0. The number of fused-ring (bicyclic) bond motifs is 1. The van der Waals surface area contributed by atoms with Crippen LogP contribution in [-0.4, -0.2) is 87.8 Å². The highest BCUT2D eigenvalue weighted by Gasteiger charge is 2.30. The Labute approximate surface area is 257 Å². The van der Waals surface area contributed by atoms with E-state index in [9.17, 15) is 23.9 Å². The van der Waals surface area contributed by atoms with E-state index in [0.717, 1.165) is 17.7 Å². The summed E-state index contributed by atoms with van der Waals surface area (Å²) < 4.78 is 16.6. The molecule has 2 aromatic rings. The van der Waals surface area contributed by atoms with Gasteiger partial charge in [0, 0.05) is 73.6 Å². The molecule has 10 nitrogen and oxygen atoms in total. The van der Waals surface area contributed by atoms with Crippen LogP contribution in [0.5, 0.6) is 0 Å². The third-order valence-electron chi connectivity index (χ3n) is 8.14. The van der Waals surface area contributed by atoms with E-state index in [2.05, 4.69) is 24.5 Å². The summed E-state index contributed by atoms with van der Waals surface area (Å²) in [6, 6.07) is 4.38. The van der Waals surface area contributed by atoms with Crippen molar-refractivity contribution in [2.45, 2.75) is 77.9 Å². The van der Waals surface area contributed by atoms with Gasteiger partial charge in [-0.2, -0.15) is 5.10 Å². The Hall–Kier alpha value is -3.02. The summed E-state index contributed by atoms with van der Waals surface area (Å²) in [5.74, 6) is -0.644. The zero-order valence-corrected chi connectivity index (χ0v) is 26.0. The van der Waals surface area contributed by atoms with Crippen LogP contribution in [0.1, 0.15) is 73.3 Å². The minimum atomic E-state index is -0.412. The van der Waals surface area contributed by atoms with Crippen LogP contribution in [0.2, 0.25) is 5.02 Å². The Balaban J connectivity index is 1.60. The molecule has 2 heterocycles. The zero-order chi connectivity index (χ0) is 30.9. The van der Waals surface area contributed by atoms with E-state index in [0.29, 0.717) is 80.5 Å². The minimum Gasteiger partial charge on any atom is -0.396 e. The van der Waals surface area contributed by atoms with E-state index < -0.39 is 5.82 Å². The first kappa shape index (κ1) is 32.9. The molecule has 236 valence electrons.